The molecule has 2 saturated heterocycles. The first-order chi connectivity index (χ1) is 7.35. The third-order valence-corrected chi connectivity index (χ3v) is 4.47. The van der Waals surface area contributed by atoms with E-state index in [1.165, 1.54) is 19.3 Å². The molecule has 0 aromatic carbocycles. The Bertz CT molecular complexity index is 184. The van der Waals surface area contributed by atoms with E-state index in [0.29, 0.717) is 5.41 Å². The SMILES string of the molecule is ClCC1(CC2CCOCC2)CCOCC1. The molecule has 2 aliphatic heterocycles. The summed E-state index contributed by atoms with van der Waals surface area (Å²) in [5.74, 6) is 1.63. The number of ether oxygens (including phenoxy) is 2. The lowest BCUT2D eigenvalue weighted by Gasteiger charge is -2.39. The first kappa shape index (κ1) is 11.7. The van der Waals surface area contributed by atoms with Crippen LogP contribution in [0.5, 0.6) is 0 Å². The monoisotopic (exact) mass is 232 g/mol. The lowest BCUT2D eigenvalue weighted by molar-refractivity contribution is -0.00384. The van der Waals surface area contributed by atoms with Crippen molar-refractivity contribution in [2.75, 3.05) is 32.3 Å². The highest BCUT2D eigenvalue weighted by Gasteiger charge is 2.34. The largest absolute Gasteiger partial charge is 0.381 e. The Morgan fingerprint density at radius 1 is 1.00 bits per heavy atom. The van der Waals surface area contributed by atoms with E-state index < -0.39 is 0 Å². The van der Waals surface area contributed by atoms with Crippen LogP contribution < -0.4 is 0 Å². The molecule has 2 aliphatic rings. The van der Waals surface area contributed by atoms with Crippen LogP contribution >= 0.6 is 11.6 Å². The summed E-state index contributed by atoms with van der Waals surface area (Å²) in [7, 11) is 0. The first-order valence-electron chi connectivity index (χ1n) is 6.06. The van der Waals surface area contributed by atoms with Crippen molar-refractivity contribution in [2.24, 2.45) is 11.3 Å². The van der Waals surface area contributed by atoms with Crippen LogP contribution in [0.15, 0.2) is 0 Å². The van der Waals surface area contributed by atoms with Crippen molar-refractivity contribution in [2.45, 2.75) is 32.1 Å². The molecule has 0 saturated carbocycles. The lowest BCUT2D eigenvalue weighted by atomic mass is 9.73. The van der Waals surface area contributed by atoms with E-state index in [1.54, 1.807) is 0 Å². The maximum absolute atomic E-state index is 6.17. The van der Waals surface area contributed by atoms with Gasteiger partial charge >= 0.3 is 0 Å². The second-order valence-electron chi connectivity index (χ2n) is 5.01. The Kier molecular flexibility index (Phi) is 4.30. The minimum atomic E-state index is 0.363. The smallest absolute Gasteiger partial charge is 0.0471 e. The molecule has 2 fully saturated rings. The van der Waals surface area contributed by atoms with E-state index in [-0.39, 0.29) is 0 Å². The first-order valence-corrected chi connectivity index (χ1v) is 6.60. The number of alkyl halides is 1. The van der Waals surface area contributed by atoms with E-state index in [9.17, 15) is 0 Å². The highest BCUT2D eigenvalue weighted by atomic mass is 35.5. The summed E-state index contributed by atoms with van der Waals surface area (Å²) in [6.45, 7) is 3.69. The molecule has 2 rings (SSSR count). The Hall–Kier alpha value is 0.210. The molecular formula is C12H21ClO2. The van der Waals surface area contributed by atoms with Crippen molar-refractivity contribution in [3.8, 4) is 0 Å². The number of halogens is 1. The molecule has 0 aromatic heterocycles. The summed E-state index contributed by atoms with van der Waals surface area (Å²) >= 11 is 6.17. The fourth-order valence-electron chi connectivity index (χ4n) is 2.76. The Labute approximate surface area is 97.3 Å². The maximum Gasteiger partial charge on any atom is 0.0471 e. The minimum Gasteiger partial charge on any atom is -0.381 e. The topological polar surface area (TPSA) is 18.5 Å². The molecule has 0 atom stereocenters. The highest BCUT2D eigenvalue weighted by molar-refractivity contribution is 6.18. The van der Waals surface area contributed by atoms with Crippen LogP contribution in [0.4, 0.5) is 0 Å². The Morgan fingerprint density at radius 3 is 2.20 bits per heavy atom. The van der Waals surface area contributed by atoms with E-state index in [1.807, 2.05) is 0 Å². The highest BCUT2D eigenvalue weighted by Crippen LogP contribution is 2.40. The zero-order valence-corrected chi connectivity index (χ0v) is 10.1. The summed E-state index contributed by atoms with van der Waals surface area (Å²) in [5, 5.41) is 0. The van der Waals surface area contributed by atoms with Gasteiger partial charge in [0.05, 0.1) is 0 Å². The summed E-state index contributed by atoms with van der Waals surface area (Å²) in [6.07, 6.45) is 6.02. The molecule has 2 heterocycles. The predicted molar refractivity (Wildman–Crippen MR) is 61.4 cm³/mol. The standard InChI is InChI=1S/C12H21ClO2/c13-10-12(3-7-15-8-4-12)9-11-1-5-14-6-2-11/h11H,1-10H2. The molecule has 0 unspecified atom stereocenters. The van der Waals surface area contributed by atoms with Gasteiger partial charge in [-0.15, -0.1) is 11.6 Å². The van der Waals surface area contributed by atoms with Gasteiger partial charge in [0.25, 0.3) is 0 Å². The van der Waals surface area contributed by atoms with Crippen molar-refractivity contribution in [3.05, 3.63) is 0 Å². The Balaban J connectivity index is 1.87. The molecule has 0 aromatic rings. The normalized spacial score (nSPS) is 27.8. The van der Waals surface area contributed by atoms with Gasteiger partial charge in [-0.25, -0.2) is 0 Å². The molecule has 2 nitrogen and oxygen atoms in total. The molecule has 0 N–H and O–H groups in total. The van der Waals surface area contributed by atoms with E-state index >= 15 is 0 Å². The van der Waals surface area contributed by atoms with Crippen molar-refractivity contribution in [1.29, 1.82) is 0 Å². The van der Waals surface area contributed by atoms with Crippen LogP contribution in [0, 0.1) is 11.3 Å². The molecule has 88 valence electrons. The summed E-state index contributed by atoms with van der Waals surface area (Å²) in [6, 6.07) is 0. The van der Waals surface area contributed by atoms with Crippen LogP contribution in [0.3, 0.4) is 0 Å². The molecule has 0 radical (unpaired) electrons. The van der Waals surface area contributed by atoms with Gasteiger partial charge in [-0.05, 0) is 43.4 Å². The van der Waals surface area contributed by atoms with Gasteiger partial charge in [0, 0.05) is 32.3 Å². The minimum absolute atomic E-state index is 0.363. The number of hydrogen-bond acceptors (Lipinski definition) is 2. The van der Waals surface area contributed by atoms with Crippen LogP contribution in [0.25, 0.3) is 0 Å². The van der Waals surface area contributed by atoms with Crippen LogP contribution in [-0.2, 0) is 9.47 Å². The molecule has 0 amide bonds. The van der Waals surface area contributed by atoms with E-state index in [4.69, 9.17) is 21.1 Å². The maximum atomic E-state index is 6.17. The Morgan fingerprint density at radius 2 is 1.60 bits per heavy atom. The van der Waals surface area contributed by atoms with Gasteiger partial charge in [0.1, 0.15) is 0 Å². The average Bonchev–Trinajstić information content (AvgIpc) is 2.32. The predicted octanol–water partition coefficient (Wildman–Crippen LogP) is 2.84. The second-order valence-corrected chi connectivity index (χ2v) is 5.27. The van der Waals surface area contributed by atoms with Crippen molar-refractivity contribution in [3.63, 3.8) is 0 Å². The van der Waals surface area contributed by atoms with Gasteiger partial charge in [0.15, 0.2) is 0 Å². The van der Waals surface area contributed by atoms with Crippen molar-refractivity contribution >= 4 is 11.6 Å². The lowest BCUT2D eigenvalue weighted by Crippen LogP contribution is -2.34. The molecule has 0 aliphatic carbocycles. The van der Waals surface area contributed by atoms with Crippen molar-refractivity contribution in [1.82, 2.24) is 0 Å². The summed E-state index contributed by atoms with van der Waals surface area (Å²) in [4.78, 5) is 0. The van der Waals surface area contributed by atoms with E-state index in [2.05, 4.69) is 0 Å². The van der Waals surface area contributed by atoms with Crippen molar-refractivity contribution < 1.29 is 9.47 Å². The summed E-state index contributed by atoms with van der Waals surface area (Å²) in [5.41, 5.74) is 0.363. The molecule has 15 heavy (non-hydrogen) atoms. The molecule has 0 spiro atoms. The van der Waals surface area contributed by atoms with Crippen LogP contribution in [0.2, 0.25) is 0 Å². The fraction of sp³-hybridized carbons (Fsp3) is 1.00. The number of hydrogen-bond donors (Lipinski definition) is 0. The van der Waals surface area contributed by atoms with Crippen LogP contribution in [0.1, 0.15) is 32.1 Å². The second kappa shape index (κ2) is 5.51. The van der Waals surface area contributed by atoms with Gasteiger partial charge in [-0.1, -0.05) is 0 Å². The van der Waals surface area contributed by atoms with E-state index in [0.717, 1.165) is 51.1 Å². The number of rotatable bonds is 3. The summed E-state index contributed by atoms with van der Waals surface area (Å²) < 4.78 is 10.8. The van der Waals surface area contributed by atoms with Gasteiger partial charge in [-0.2, -0.15) is 0 Å². The average molecular weight is 233 g/mol. The third-order valence-electron chi connectivity index (χ3n) is 3.90. The van der Waals surface area contributed by atoms with Gasteiger partial charge in [-0.3, -0.25) is 0 Å². The van der Waals surface area contributed by atoms with Gasteiger partial charge < -0.3 is 9.47 Å². The third kappa shape index (κ3) is 3.08. The molecular weight excluding hydrogens is 212 g/mol. The zero-order valence-electron chi connectivity index (χ0n) is 9.34. The van der Waals surface area contributed by atoms with Gasteiger partial charge in [0.2, 0.25) is 0 Å². The van der Waals surface area contributed by atoms with Crippen LogP contribution in [-0.4, -0.2) is 32.3 Å². The zero-order chi connectivity index (χ0) is 10.6. The fourth-order valence-corrected chi connectivity index (χ4v) is 3.14. The quantitative estimate of drug-likeness (QED) is 0.697. The molecule has 0 bridgehead atoms. The molecule has 3 heteroatoms.